The maximum absolute atomic E-state index is 13.6. The highest BCUT2D eigenvalue weighted by atomic mass is 79.9. The molecule has 2 rings (SSSR count). The van der Waals surface area contributed by atoms with Crippen molar-refractivity contribution in [2.75, 3.05) is 7.11 Å². The zero-order valence-corrected chi connectivity index (χ0v) is 13.0. The molecule has 0 bridgehead atoms. The van der Waals surface area contributed by atoms with Crippen LogP contribution in [-0.2, 0) is 0 Å². The topological polar surface area (TPSA) is 29.5 Å². The second-order valence-electron chi connectivity index (χ2n) is 5.33. The smallest absolute Gasteiger partial charge is 0.141 e. The summed E-state index contributed by atoms with van der Waals surface area (Å²) in [6, 6.07) is 2.98. The Kier molecular flexibility index (Phi) is 4.51. The van der Waals surface area contributed by atoms with Gasteiger partial charge in [0, 0.05) is 17.0 Å². The van der Waals surface area contributed by atoms with E-state index in [9.17, 15) is 9.50 Å². The van der Waals surface area contributed by atoms with Crippen LogP contribution in [0.25, 0.3) is 0 Å². The molecule has 0 heterocycles. The summed E-state index contributed by atoms with van der Waals surface area (Å²) >= 11 is 3.18. The lowest BCUT2D eigenvalue weighted by molar-refractivity contribution is 0.0219. The Morgan fingerprint density at radius 1 is 1.42 bits per heavy atom. The molecule has 0 amide bonds. The van der Waals surface area contributed by atoms with E-state index >= 15 is 0 Å². The molecule has 0 aromatic heterocycles. The van der Waals surface area contributed by atoms with Crippen LogP contribution in [0.15, 0.2) is 16.6 Å². The maximum atomic E-state index is 13.6. The molecule has 1 aromatic carbocycles. The Morgan fingerprint density at radius 3 is 2.58 bits per heavy atom. The van der Waals surface area contributed by atoms with Gasteiger partial charge in [0.05, 0.1) is 17.7 Å². The molecule has 4 heteroatoms. The number of halogens is 2. The average molecular weight is 331 g/mol. The molecule has 1 atom stereocenters. The quantitative estimate of drug-likeness (QED) is 0.874. The molecule has 0 aliphatic heterocycles. The highest BCUT2D eigenvalue weighted by Crippen LogP contribution is 2.51. The highest BCUT2D eigenvalue weighted by molar-refractivity contribution is 9.10. The molecule has 1 N–H and O–H groups in total. The number of methoxy groups -OCH3 is 1. The normalized spacial score (nSPS) is 19.4. The monoisotopic (exact) mass is 330 g/mol. The van der Waals surface area contributed by atoms with E-state index in [-0.39, 0.29) is 11.2 Å². The van der Waals surface area contributed by atoms with Crippen molar-refractivity contribution in [1.82, 2.24) is 0 Å². The summed E-state index contributed by atoms with van der Waals surface area (Å²) in [4.78, 5) is 0. The molecule has 2 nitrogen and oxygen atoms in total. The van der Waals surface area contributed by atoms with Crippen LogP contribution < -0.4 is 4.74 Å². The van der Waals surface area contributed by atoms with Gasteiger partial charge in [-0.15, -0.1) is 0 Å². The standard InChI is InChI=1S/C15H20BrFO2/c1-3-15(6-4-5-7-15)14(18)10-8-11(16)12(17)9-13(10)19-2/h8-9,14,18H,3-7H2,1-2H3. The fourth-order valence-electron chi connectivity index (χ4n) is 3.16. The van der Waals surface area contributed by atoms with Crippen LogP contribution in [0.5, 0.6) is 5.75 Å². The number of aliphatic hydroxyl groups excluding tert-OH is 1. The van der Waals surface area contributed by atoms with Crippen LogP contribution in [0.4, 0.5) is 4.39 Å². The highest BCUT2D eigenvalue weighted by Gasteiger charge is 2.41. The summed E-state index contributed by atoms with van der Waals surface area (Å²) in [7, 11) is 1.51. The van der Waals surface area contributed by atoms with Crippen LogP contribution in [0.3, 0.4) is 0 Å². The SMILES string of the molecule is CCC1(C(O)c2cc(Br)c(F)cc2OC)CCCC1. The number of hydrogen-bond acceptors (Lipinski definition) is 2. The van der Waals surface area contributed by atoms with Gasteiger partial charge in [-0.05, 0) is 41.3 Å². The molecule has 1 fully saturated rings. The second-order valence-corrected chi connectivity index (χ2v) is 6.19. The summed E-state index contributed by atoms with van der Waals surface area (Å²) in [5.41, 5.74) is 0.587. The van der Waals surface area contributed by atoms with E-state index in [1.165, 1.54) is 13.2 Å². The van der Waals surface area contributed by atoms with Crippen molar-refractivity contribution in [3.05, 3.63) is 28.0 Å². The van der Waals surface area contributed by atoms with Gasteiger partial charge in [-0.3, -0.25) is 0 Å². The lowest BCUT2D eigenvalue weighted by Crippen LogP contribution is -2.25. The van der Waals surface area contributed by atoms with E-state index in [2.05, 4.69) is 22.9 Å². The van der Waals surface area contributed by atoms with Crippen molar-refractivity contribution in [3.8, 4) is 5.75 Å². The minimum absolute atomic E-state index is 0.0927. The first kappa shape index (κ1) is 14.8. The minimum atomic E-state index is -0.605. The molecule has 19 heavy (non-hydrogen) atoms. The lowest BCUT2D eigenvalue weighted by atomic mass is 9.75. The van der Waals surface area contributed by atoms with E-state index in [1.807, 2.05) is 0 Å². The van der Waals surface area contributed by atoms with Gasteiger partial charge in [-0.25, -0.2) is 4.39 Å². The van der Waals surface area contributed by atoms with Crippen molar-refractivity contribution < 1.29 is 14.2 Å². The van der Waals surface area contributed by atoms with Gasteiger partial charge < -0.3 is 9.84 Å². The zero-order valence-electron chi connectivity index (χ0n) is 11.4. The molecular weight excluding hydrogens is 311 g/mol. The van der Waals surface area contributed by atoms with Crippen LogP contribution in [-0.4, -0.2) is 12.2 Å². The molecular formula is C15H20BrFO2. The van der Waals surface area contributed by atoms with Crippen LogP contribution in [0.2, 0.25) is 0 Å². The Balaban J connectivity index is 2.42. The van der Waals surface area contributed by atoms with Gasteiger partial charge >= 0.3 is 0 Å². The van der Waals surface area contributed by atoms with E-state index in [4.69, 9.17) is 4.74 Å². The number of hydrogen-bond donors (Lipinski definition) is 1. The molecule has 1 saturated carbocycles. The number of rotatable bonds is 4. The molecule has 0 saturated heterocycles. The molecule has 106 valence electrons. The van der Waals surface area contributed by atoms with E-state index in [0.29, 0.717) is 15.8 Å². The summed E-state index contributed by atoms with van der Waals surface area (Å²) in [6.07, 6.45) is 4.65. The van der Waals surface area contributed by atoms with Crippen molar-refractivity contribution in [3.63, 3.8) is 0 Å². The third kappa shape index (κ3) is 2.65. The predicted molar refractivity (Wildman–Crippen MR) is 76.8 cm³/mol. The Bertz CT molecular complexity index is 456. The molecule has 1 aliphatic carbocycles. The molecule has 0 spiro atoms. The van der Waals surface area contributed by atoms with Gasteiger partial charge in [-0.2, -0.15) is 0 Å². The fourth-order valence-corrected chi connectivity index (χ4v) is 3.52. The number of ether oxygens (including phenoxy) is 1. The van der Waals surface area contributed by atoms with Crippen LogP contribution >= 0.6 is 15.9 Å². The minimum Gasteiger partial charge on any atom is -0.496 e. The number of benzene rings is 1. The Labute approximate surface area is 122 Å². The van der Waals surface area contributed by atoms with Crippen LogP contribution in [0, 0.1) is 11.2 Å². The van der Waals surface area contributed by atoms with E-state index in [1.54, 1.807) is 6.07 Å². The van der Waals surface area contributed by atoms with Gasteiger partial charge in [0.25, 0.3) is 0 Å². The van der Waals surface area contributed by atoms with Gasteiger partial charge in [0.2, 0.25) is 0 Å². The van der Waals surface area contributed by atoms with Crippen molar-refractivity contribution in [2.24, 2.45) is 5.41 Å². The first-order valence-corrected chi connectivity index (χ1v) is 7.54. The van der Waals surface area contributed by atoms with Crippen molar-refractivity contribution in [1.29, 1.82) is 0 Å². The molecule has 0 radical (unpaired) electrons. The van der Waals surface area contributed by atoms with E-state index < -0.39 is 6.10 Å². The summed E-state index contributed by atoms with van der Waals surface area (Å²) < 4.78 is 19.2. The largest absolute Gasteiger partial charge is 0.496 e. The first-order chi connectivity index (χ1) is 9.04. The first-order valence-electron chi connectivity index (χ1n) is 6.75. The van der Waals surface area contributed by atoms with Crippen molar-refractivity contribution in [2.45, 2.75) is 45.1 Å². The maximum Gasteiger partial charge on any atom is 0.141 e. The molecule has 1 aromatic rings. The Hall–Kier alpha value is -0.610. The van der Waals surface area contributed by atoms with Crippen LogP contribution in [0.1, 0.15) is 50.7 Å². The zero-order chi connectivity index (χ0) is 14.0. The number of aliphatic hydroxyl groups is 1. The van der Waals surface area contributed by atoms with Crippen molar-refractivity contribution >= 4 is 15.9 Å². The molecule has 1 aliphatic rings. The fraction of sp³-hybridized carbons (Fsp3) is 0.600. The lowest BCUT2D eigenvalue weighted by Gasteiger charge is -2.34. The van der Waals surface area contributed by atoms with E-state index in [0.717, 1.165) is 32.1 Å². The third-order valence-corrected chi connectivity index (χ3v) is 5.06. The molecule has 1 unspecified atom stereocenters. The third-order valence-electron chi connectivity index (χ3n) is 4.45. The summed E-state index contributed by atoms with van der Waals surface area (Å²) in [5, 5.41) is 10.8. The summed E-state index contributed by atoms with van der Waals surface area (Å²) in [6.45, 7) is 2.11. The van der Waals surface area contributed by atoms with Gasteiger partial charge in [0.15, 0.2) is 0 Å². The second kappa shape index (κ2) is 5.80. The van der Waals surface area contributed by atoms with Gasteiger partial charge in [-0.1, -0.05) is 19.8 Å². The average Bonchev–Trinajstić information content (AvgIpc) is 2.90. The van der Waals surface area contributed by atoms with Gasteiger partial charge in [0.1, 0.15) is 11.6 Å². The predicted octanol–water partition coefficient (Wildman–Crippen LogP) is 4.60. The Morgan fingerprint density at radius 2 is 2.05 bits per heavy atom. The summed E-state index contributed by atoms with van der Waals surface area (Å²) in [5.74, 6) is 0.0534.